The predicted molar refractivity (Wildman–Crippen MR) is 287 cm³/mol. The number of aromatic nitrogens is 5. The Kier molecular flexibility index (Phi) is 16.6. The summed E-state index contributed by atoms with van der Waals surface area (Å²) in [6, 6.07) is 16.6. The highest BCUT2D eigenvalue weighted by molar-refractivity contribution is 7.15. The van der Waals surface area contributed by atoms with Crippen LogP contribution in [-0.2, 0) is 23.9 Å². The summed E-state index contributed by atoms with van der Waals surface area (Å²) < 4.78 is 13.6. The fourth-order valence-electron chi connectivity index (χ4n) is 9.03. The third-order valence-electron chi connectivity index (χ3n) is 13.4. The van der Waals surface area contributed by atoms with Crippen LogP contribution in [-0.4, -0.2) is 103 Å². The number of esters is 1. The molecular formula is C54H63ClN10O7S2. The van der Waals surface area contributed by atoms with Crippen molar-refractivity contribution in [3.05, 3.63) is 122 Å². The molecule has 0 unspecified atom stereocenters. The lowest BCUT2D eigenvalue weighted by Crippen LogP contribution is -2.53. The Bertz CT molecular complexity index is 3020. The van der Waals surface area contributed by atoms with E-state index < -0.39 is 60.1 Å². The minimum Gasteiger partial charge on any atom is -0.482 e. The van der Waals surface area contributed by atoms with Crippen molar-refractivity contribution in [1.82, 2.24) is 40.7 Å². The molecule has 6 aromatic rings. The third kappa shape index (κ3) is 12.3. The van der Waals surface area contributed by atoms with Gasteiger partial charge in [0.1, 0.15) is 34.5 Å². The standard InChI is InChI=1S/C54H63ClN10O7S2/c1-10-39(66)23-42(51(69)58-30(3)34-11-13-36(14-12-34)48-31(4)57-28-73-48)72-53(70)49(54(7,8)9)61-45(68)27-71-40-19-20-43(56-25-40)64-22-21-38(26-64)59-44(67)24-41-50-63-62-33(6)65(50)52-46(29(2)32(5)74-52)47(60-41)35-15-17-37(55)18-16-35/h11-20,25,28,30,38-39,41-42,49,66H,10,21-24,26-27H2,1-9H3,(H,58,69)(H,59,67)(H,61,68)/t30-,38+,39-,41-,42-,49+/m0/s1. The van der Waals surface area contributed by atoms with Gasteiger partial charge in [0.2, 0.25) is 5.91 Å². The Labute approximate surface area is 444 Å². The number of aliphatic hydroxyl groups is 1. The Morgan fingerprint density at radius 3 is 2.32 bits per heavy atom. The maximum atomic E-state index is 13.8. The number of thiophene rings is 1. The van der Waals surface area contributed by atoms with Crippen LogP contribution in [0.4, 0.5) is 5.82 Å². The number of aliphatic imine (C=N–C) groups is 1. The van der Waals surface area contributed by atoms with E-state index >= 15 is 0 Å². The number of ether oxygens (including phenoxy) is 2. The lowest BCUT2D eigenvalue weighted by molar-refractivity contribution is -0.163. The molecule has 6 heterocycles. The summed E-state index contributed by atoms with van der Waals surface area (Å²) >= 11 is 9.49. The van der Waals surface area contributed by atoms with Gasteiger partial charge < -0.3 is 35.4 Å². The summed E-state index contributed by atoms with van der Waals surface area (Å²) in [7, 11) is 0. The molecule has 0 aliphatic carbocycles. The molecule has 0 spiro atoms. The second-order valence-electron chi connectivity index (χ2n) is 20.0. The molecule has 8 rings (SSSR count). The smallest absolute Gasteiger partial charge is 0.329 e. The van der Waals surface area contributed by atoms with Crippen molar-refractivity contribution in [3.8, 4) is 21.2 Å². The van der Waals surface area contributed by atoms with Crippen LogP contribution in [0, 0.1) is 33.1 Å². The number of hydrogen-bond acceptors (Lipinski definition) is 15. The van der Waals surface area contributed by atoms with Gasteiger partial charge in [-0.05, 0) is 93.8 Å². The third-order valence-corrected chi connectivity index (χ3v) is 15.8. The average molecular weight is 1060 g/mol. The molecule has 2 aliphatic rings. The SMILES string of the molecule is CC[C@H](O)C[C@H](OC(=O)[C@@H](NC(=O)COc1ccc(N2CC[C@@H](NC(=O)C[C@@H]3N=C(c4ccc(Cl)cc4)c4c(sc(C)c4C)-n4c(C)nnc43)C2)nc1)C(C)(C)C)C(=O)N[C@@H](C)c1ccc(-c2scnc2C)cc1. The molecule has 0 bridgehead atoms. The quantitative estimate of drug-likeness (QED) is 0.0599. The number of nitrogens with one attached hydrogen (secondary N) is 3. The van der Waals surface area contributed by atoms with Crippen molar-refractivity contribution in [3.63, 3.8) is 0 Å². The molecule has 1 fully saturated rings. The van der Waals surface area contributed by atoms with Crippen molar-refractivity contribution in [2.75, 3.05) is 24.6 Å². The number of benzene rings is 2. The van der Waals surface area contributed by atoms with Crippen LogP contribution < -0.4 is 25.6 Å². The summed E-state index contributed by atoms with van der Waals surface area (Å²) in [6.45, 7) is 17.7. The van der Waals surface area contributed by atoms with Gasteiger partial charge in [0, 0.05) is 46.6 Å². The topological polar surface area (TPSA) is 215 Å². The molecular weight excluding hydrogens is 1000 g/mol. The normalized spacial score (nSPS) is 17.0. The van der Waals surface area contributed by atoms with E-state index in [1.807, 2.05) is 73.9 Å². The van der Waals surface area contributed by atoms with Crippen LogP contribution in [0.25, 0.3) is 15.4 Å². The number of halogens is 1. The van der Waals surface area contributed by atoms with Crippen LogP contribution in [0.1, 0.15) is 117 Å². The van der Waals surface area contributed by atoms with Crippen molar-refractivity contribution < 1.29 is 33.8 Å². The second kappa shape index (κ2) is 22.9. The van der Waals surface area contributed by atoms with E-state index in [1.165, 1.54) is 6.20 Å². The van der Waals surface area contributed by atoms with Gasteiger partial charge in [-0.25, -0.2) is 14.8 Å². The van der Waals surface area contributed by atoms with Crippen LogP contribution in [0.2, 0.25) is 5.02 Å². The van der Waals surface area contributed by atoms with Crippen molar-refractivity contribution in [1.29, 1.82) is 0 Å². The van der Waals surface area contributed by atoms with Crippen molar-refractivity contribution in [2.45, 2.75) is 124 Å². The van der Waals surface area contributed by atoms with Gasteiger partial charge >= 0.3 is 5.97 Å². The number of fused-ring (bicyclic) bond motifs is 3. The van der Waals surface area contributed by atoms with Gasteiger partial charge in [0.05, 0.1) is 46.6 Å². The molecule has 20 heteroatoms. The molecule has 4 N–H and O–H groups in total. The number of pyridine rings is 1. The first-order valence-electron chi connectivity index (χ1n) is 24.8. The first-order chi connectivity index (χ1) is 35.3. The number of thiazole rings is 1. The Morgan fingerprint density at radius 2 is 1.66 bits per heavy atom. The lowest BCUT2D eigenvalue weighted by Gasteiger charge is -2.31. The molecule has 0 saturated carbocycles. The number of aryl methyl sites for hydroxylation is 3. The summed E-state index contributed by atoms with van der Waals surface area (Å²) in [5.74, 6) is 0.210. The number of carbonyl (C=O) groups is 4. The molecule has 3 amide bonds. The van der Waals surface area contributed by atoms with E-state index in [0.29, 0.717) is 48.3 Å². The molecule has 2 aromatic carbocycles. The number of carbonyl (C=O) groups excluding carboxylic acids is 4. The number of anilines is 1. The van der Waals surface area contributed by atoms with Gasteiger partial charge in [-0.3, -0.25) is 23.9 Å². The van der Waals surface area contributed by atoms with Crippen LogP contribution >= 0.6 is 34.3 Å². The molecule has 390 valence electrons. The molecule has 1 saturated heterocycles. The highest BCUT2D eigenvalue weighted by Crippen LogP contribution is 2.40. The van der Waals surface area contributed by atoms with Crippen LogP contribution in [0.3, 0.4) is 0 Å². The van der Waals surface area contributed by atoms with E-state index in [1.54, 1.807) is 68.0 Å². The van der Waals surface area contributed by atoms with Crippen LogP contribution in [0.5, 0.6) is 5.75 Å². The Morgan fingerprint density at radius 1 is 0.932 bits per heavy atom. The highest BCUT2D eigenvalue weighted by atomic mass is 35.5. The van der Waals surface area contributed by atoms with Crippen molar-refractivity contribution >= 4 is 69.5 Å². The van der Waals surface area contributed by atoms with Crippen LogP contribution in [0.15, 0.2) is 77.4 Å². The number of nitrogens with zero attached hydrogens (tertiary/aromatic N) is 7. The number of hydrogen-bond donors (Lipinski definition) is 4. The molecule has 0 radical (unpaired) electrons. The first-order valence-corrected chi connectivity index (χ1v) is 26.8. The molecule has 2 aliphatic heterocycles. The Hall–Kier alpha value is -6.54. The van der Waals surface area contributed by atoms with E-state index in [9.17, 15) is 24.3 Å². The maximum Gasteiger partial charge on any atom is 0.329 e. The van der Waals surface area contributed by atoms with E-state index in [4.69, 9.17) is 26.1 Å². The highest BCUT2D eigenvalue weighted by Gasteiger charge is 2.38. The first kappa shape index (κ1) is 53.7. The van der Waals surface area contributed by atoms with Gasteiger partial charge in [0.15, 0.2) is 18.5 Å². The molecule has 74 heavy (non-hydrogen) atoms. The molecule has 6 atom stereocenters. The average Bonchev–Trinajstić information content (AvgIpc) is 4.16. The molecule has 4 aromatic heterocycles. The fourth-order valence-corrected chi connectivity index (χ4v) is 11.2. The molecule has 17 nitrogen and oxygen atoms in total. The predicted octanol–water partition coefficient (Wildman–Crippen LogP) is 8.27. The van der Waals surface area contributed by atoms with Gasteiger partial charge in [-0.1, -0.05) is 75.7 Å². The van der Waals surface area contributed by atoms with E-state index in [-0.39, 0.29) is 24.8 Å². The van der Waals surface area contributed by atoms with E-state index in [0.717, 1.165) is 59.8 Å². The van der Waals surface area contributed by atoms with E-state index in [2.05, 4.69) is 54.9 Å². The Balaban J connectivity index is 0.843. The largest absolute Gasteiger partial charge is 0.482 e. The number of amides is 3. The zero-order valence-corrected chi connectivity index (χ0v) is 45.5. The number of aliphatic hydroxyl groups excluding tert-OH is 1. The second-order valence-corrected chi connectivity index (χ2v) is 22.5. The zero-order valence-electron chi connectivity index (χ0n) is 43.1. The van der Waals surface area contributed by atoms with Gasteiger partial charge in [0.25, 0.3) is 11.8 Å². The van der Waals surface area contributed by atoms with Gasteiger partial charge in [-0.2, -0.15) is 0 Å². The zero-order chi connectivity index (χ0) is 53.0. The summed E-state index contributed by atoms with van der Waals surface area (Å²) in [6.07, 6.45) is 0.273. The summed E-state index contributed by atoms with van der Waals surface area (Å²) in [4.78, 5) is 73.2. The monoisotopic (exact) mass is 1060 g/mol. The summed E-state index contributed by atoms with van der Waals surface area (Å²) in [5, 5.41) is 30.0. The minimum absolute atomic E-state index is 0.0694. The number of rotatable bonds is 18. The fraction of sp³-hybridized carbons (Fsp3) is 0.426. The van der Waals surface area contributed by atoms with Crippen molar-refractivity contribution in [2.24, 2.45) is 10.4 Å². The lowest BCUT2D eigenvalue weighted by atomic mass is 9.86. The summed E-state index contributed by atoms with van der Waals surface area (Å²) in [5.41, 5.74) is 7.57. The minimum atomic E-state index is -1.32. The maximum absolute atomic E-state index is 13.8. The van der Waals surface area contributed by atoms with Gasteiger partial charge in [-0.15, -0.1) is 32.9 Å².